The lowest BCUT2D eigenvalue weighted by molar-refractivity contribution is -0.148. The first-order valence-corrected chi connectivity index (χ1v) is 14.7. The van der Waals surface area contributed by atoms with Crippen LogP contribution < -0.4 is 16.0 Å². The van der Waals surface area contributed by atoms with Crippen LogP contribution in [-0.2, 0) is 20.9 Å². The fourth-order valence-corrected chi connectivity index (χ4v) is 5.30. The molecule has 8 heteroatoms. The largest absolute Gasteiger partial charge is 0.343 e. The molecule has 0 aromatic heterocycles. The Morgan fingerprint density at radius 2 is 1.33 bits per heavy atom. The molecule has 0 radical (unpaired) electrons. The number of nitrogens with zero attached hydrogens (tertiary/aromatic N) is 2. The van der Waals surface area contributed by atoms with Crippen molar-refractivity contribution in [2.24, 2.45) is 5.92 Å². The quantitative estimate of drug-likeness (QED) is 0.329. The van der Waals surface area contributed by atoms with E-state index in [0.29, 0.717) is 26.2 Å². The van der Waals surface area contributed by atoms with Gasteiger partial charge in [0.25, 0.3) is 0 Å². The van der Waals surface area contributed by atoms with Gasteiger partial charge in [0.2, 0.25) is 17.7 Å². The molecule has 0 aliphatic carbocycles. The van der Waals surface area contributed by atoms with E-state index in [1.807, 2.05) is 92.7 Å². The monoisotopic (exact) mass is 569 g/mol. The lowest BCUT2D eigenvalue weighted by atomic mass is 9.97. The van der Waals surface area contributed by atoms with Crippen molar-refractivity contribution in [1.82, 2.24) is 25.8 Å². The summed E-state index contributed by atoms with van der Waals surface area (Å²) < 4.78 is 0. The van der Waals surface area contributed by atoms with Crippen LogP contribution in [0.1, 0.15) is 43.5 Å². The van der Waals surface area contributed by atoms with E-state index in [4.69, 9.17) is 0 Å². The van der Waals surface area contributed by atoms with Gasteiger partial charge in [0.15, 0.2) is 0 Å². The fourth-order valence-electron chi connectivity index (χ4n) is 5.30. The van der Waals surface area contributed by atoms with E-state index < -0.39 is 18.1 Å². The van der Waals surface area contributed by atoms with Crippen LogP contribution in [0.4, 0.5) is 0 Å². The predicted octanol–water partition coefficient (Wildman–Crippen LogP) is 3.35. The number of hydrogen-bond acceptors (Lipinski definition) is 5. The second-order valence-electron chi connectivity index (χ2n) is 11.3. The molecule has 1 saturated heterocycles. The third-order valence-electron chi connectivity index (χ3n) is 7.91. The van der Waals surface area contributed by atoms with Crippen molar-refractivity contribution in [2.45, 2.75) is 51.5 Å². The summed E-state index contributed by atoms with van der Waals surface area (Å²) in [6.07, 6.45) is 0. The molecule has 222 valence electrons. The summed E-state index contributed by atoms with van der Waals surface area (Å²) in [5, 5.41) is 9.13. The van der Waals surface area contributed by atoms with Gasteiger partial charge >= 0.3 is 0 Å². The molecule has 1 aliphatic rings. The third-order valence-corrected chi connectivity index (χ3v) is 7.91. The lowest BCUT2D eigenvalue weighted by Crippen LogP contribution is -2.64. The highest BCUT2D eigenvalue weighted by molar-refractivity contribution is 5.93. The van der Waals surface area contributed by atoms with Crippen LogP contribution in [0.3, 0.4) is 0 Å². The van der Waals surface area contributed by atoms with E-state index in [0.717, 1.165) is 16.7 Å². The number of carbonyl (C=O) groups excluding carboxylic acids is 3. The zero-order valence-electron chi connectivity index (χ0n) is 25.0. The van der Waals surface area contributed by atoms with Gasteiger partial charge in [-0.3, -0.25) is 19.3 Å². The normalized spacial score (nSPS) is 17.1. The Labute approximate surface area is 249 Å². The highest BCUT2D eigenvalue weighted by atomic mass is 16.2. The van der Waals surface area contributed by atoms with Gasteiger partial charge < -0.3 is 20.9 Å². The molecular weight excluding hydrogens is 526 g/mol. The Morgan fingerprint density at radius 3 is 1.86 bits per heavy atom. The Kier molecular flexibility index (Phi) is 10.9. The lowest BCUT2D eigenvalue weighted by Gasteiger charge is -2.43. The average molecular weight is 570 g/mol. The standard InChI is InChI=1S/C34H43N5O3/c1-24(2)30(36-32(40)25(3)35-4)34(42)39-21-20-38(22-26-14-8-5-9-15-26)23-29(39)33(41)37-31(27-16-10-6-11-17-27)28-18-12-7-13-19-28/h5-19,24-25,29-31,35H,20-23H2,1-4H3,(H,36,40)(H,37,41)/t25-,29-,30-/m0/s1. The van der Waals surface area contributed by atoms with Crippen LogP contribution in [0.25, 0.3) is 0 Å². The number of amides is 3. The molecule has 8 nitrogen and oxygen atoms in total. The summed E-state index contributed by atoms with van der Waals surface area (Å²) in [6, 6.07) is 27.5. The van der Waals surface area contributed by atoms with Gasteiger partial charge in [-0.05, 0) is 36.6 Å². The fraction of sp³-hybridized carbons (Fsp3) is 0.382. The highest BCUT2D eigenvalue weighted by Crippen LogP contribution is 2.24. The van der Waals surface area contributed by atoms with Crippen LogP contribution >= 0.6 is 0 Å². The van der Waals surface area contributed by atoms with Crippen molar-refractivity contribution in [3.8, 4) is 0 Å². The van der Waals surface area contributed by atoms with E-state index >= 15 is 0 Å². The zero-order valence-corrected chi connectivity index (χ0v) is 25.0. The Hall–Kier alpha value is -4.01. The minimum atomic E-state index is -0.747. The van der Waals surface area contributed by atoms with Crippen LogP contribution in [0, 0.1) is 5.92 Å². The second kappa shape index (κ2) is 14.8. The number of hydrogen-bond donors (Lipinski definition) is 3. The van der Waals surface area contributed by atoms with Crippen molar-refractivity contribution >= 4 is 17.7 Å². The Morgan fingerprint density at radius 1 is 0.786 bits per heavy atom. The van der Waals surface area contributed by atoms with Gasteiger partial charge in [-0.2, -0.15) is 0 Å². The molecule has 1 heterocycles. The first kappa shape index (κ1) is 30.9. The Balaban J connectivity index is 1.63. The third kappa shape index (κ3) is 7.84. The molecule has 3 aromatic carbocycles. The first-order valence-electron chi connectivity index (χ1n) is 14.7. The Bertz CT molecular complexity index is 1260. The van der Waals surface area contributed by atoms with Crippen LogP contribution in [-0.4, -0.2) is 72.3 Å². The van der Waals surface area contributed by atoms with Gasteiger partial charge in [0.05, 0.1) is 12.1 Å². The van der Waals surface area contributed by atoms with E-state index in [-0.39, 0.29) is 29.7 Å². The molecule has 0 bridgehead atoms. The van der Waals surface area contributed by atoms with Gasteiger partial charge in [-0.25, -0.2) is 0 Å². The molecule has 3 aromatic rings. The van der Waals surface area contributed by atoms with E-state index in [2.05, 4.69) is 33.0 Å². The van der Waals surface area contributed by atoms with Crippen molar-refractivity contribution < 1.29 is 14.4 Å². The molecule has 1 fully saturated rings. The number of likely N-dealkylation sites (N-methyl/N-ethyl adjacent to an activating group) is 1. The van der Waals surface area contributed by atoms with Crippen molar-refractivity contribution in [2.75, 3.05) is 26.7 Å². The molecule has 1 aliphatic heterocycles. The zero-order chi connectivity index (χ0) is 30.1. The SMILES string of the molecule is CN[C@@H](C)C(=O)N[C@H](C(=O)N1CCN(Cc2ccccc2)C[C@H]1C(=O)NC(c1ccccc1)c1ccccc1)C(C)C. The minimum absolute atomic E-state index is 0.155. The molecule has 3 atom stereocenters. The number of carbonyl (C=O) groups is 3. The number of rotatable bonds is 11. The van der Waals surface area contributed by atoms with Gasteiger partial charge in [0.1, 0.15) is 12.1 Å². The average Bonchev–Trinajstić information content (AvgIpc) is 3.02. The molecular formula is C34H43N5O3. The van der Waals surface area contributed by atoms with Crippen LogP contribution in [0.2, 0.25) is 0 Å². The van der Waals surface area contributed by atoms with E-state index in [1.165, 1.54) is 0 Å². The first-order chi connectivity index (χ1) is 20.3. The summed E-state index contributed by atoms with van der Waals surface area (Å²) in [5.41, 5.74) is 3.07. The highest BCUT2D eigenvalue weighted by Gasteiger charge is 2.40. The maximum absolute atomic E-state index is 14.2. The second-order valence-corrected chi connectivity index (χ2v) is 11.3. The molecule has 42 heavy (non-hydrogen) atoms. The van der Waals surface area contributed by atoms with Crippen molar-refractivity contribution in [3.05, 3.63) is 108 Å². The van der Waals surface area contributed by atoms with Crippen LogP contribution in [0.5, 0.6) is 0 Å². The minimum Gasteiger partial charge on any atom is -0.343 e. The topological polar surface area (TPSA) is 93.8 Å². The maximum Gasteiger partial charge on any atom is 0.246 e. The van der Waals surface area contributed by atoms with Gasteiger partial charge in [-0.1, -0.05) is 105 Å². The van der Waals surface area contributed by atoms with Crippen molar-refractivity contribution in [3.63, 3.8) is 0 Å². The van der Waals surface area contributed by atoms with E-state index in [1.54, 1.807) is 18.9 Å². The maximum atomic E-state index is 14.2. The number of piperazine rings is 1. The summed E-state index contributed by atoms with van der Waals surface area (Å²) in [7, 11) is 1.71. The molecule has 0 unspecified atom stereocenters. The smallest absolute Gasteiger partial charge is 0.246 e. The molecule has 0 saturated carbocycles. The molecule has 3 amide bonds. The van der Waals surface area contributed by atoms with E-state index in [9.17, 15) is 14.4 Å². The van der Waals surface area contributed by atoms with Gasteiger partial charge in [-0.15, -0.1) is 0 Å². The molecule has 4 rings (SSSR count). The molecule has 3 N–H and O–H groups in total. The van der Waals surface area contributed by atoms with Gasteiger partial charge in [0, 0.05) is 26.2 Å². The molecule has 0 spiro atoms. The summed E-state index contributed by atoms with van der Waals surface area (Å²) >= 11 is 0. The summed E-state index contributed by atoms with van der Waals surface area (Å²) in [6.45, 7) is 7.64. The predicted molar refractivity (Wildman–Crippen MR) is 165 cm³/mol. The number of nitrogens with one attached hydrogen (secondary N) is 3. The summed E-state index contributed by atoms with van der Waals surface area (Å²) in [4.78, 5) is 44.9. The summed E-state index contributed by atoms with van der Waals surface area (Å²) in [5.74, 6) is -0.868. The van der Waals surface area contributed by atoms with Crippen molar-refractivity contribution in [1.29, 1.82) is 0 Å². The number of benzene rings is 3. The van der Waals surface area contributed by atoms with Crippen LogP contribution in [0.15, 0.2) is 91.0 Å².